The lowest BCUT2D eigenvalue weighted by molar-refractivity contribution is -0.148. The highest BCUT2D eigenvalue weighted by atomic mass is 16.3. The Morgan fingerprint density at radius 2 is 1.52 bits per heavy atom. The van der Waals surface area contributed by atoms with Gasteiger partial charge in [-0.25, -0.2) is 0 Å². The summed E-state index contributed by atoms with van der Waals surface area (Å²) < 4.78 is 0. The minimum Gasteiger partial charge on any atom is -0.391 e. The predicted octanol–water partition coefficient (Wildman–Crippen LogP) is -2.97. The van der Waals surface area contributed by atoms with Crippen LogP contribution in [0.4, 0.5) is 0 Å². The molecule has 4 amide bonds. The summed E-state index contributed by atoms with van der Waals surface area (Å²) >= 11 is 0. The molecule has 29 heavy (non-hydrogen) atoms. The summed E-state index contributed by atoms with van der Waals surface area (Å²) in [5.41, 5.74) is 11.0. The third-order valence-electron chi connectivity index (χ3n) is 5.55. The van der Waals surface area contributed by atoms with Crippen molar-refractivity contribution in [2.24, 2.45) is 11.5 Å². The molecule has 2 saturated heterocycles. The fourth-order valence-corrected chi connectivity index (χ4v) is 3.86. The van der Waals surface area contributed by atoms with Gasteiger partial charge in [0.05, 0.1) is 12.2 Å². The van der Waals surface area contributed by atoms with Crippen LogP contribution < -0.4 is 16.8 Å². The summed E-state index contributed by atoms with van der Waals surface area (Å²) in [6.07, 6.45) is -0.170. The zero-order valence-corrected chi connectivity index (χ0v) is 16.8. The molecule has 0 bridgehead atoms. The number of hydrogen-bond acceptors (Lipinski definition) is 7. The van der Waals surface area contributed by atoms with Gasteiger partial charge in [-0.15, -0.1) is 0 Å². The minimum atomic E-state index is -1.26. The van der Waals surface area contributed by atoms with Crippen LogP contribution in [0.25, 0.3) is 0 Å². The molecule has 2 unspecified atom stereocenters. The third-order valence-corrected chi connectivity index (χ3v) is 5.55. The van der Waals surface area contributed by atoms with E-state index in [0.29, 0.717) is 38.8 Å². The first-order valence-corrected chi connectivity index (χ1v) is 9.88. The van der Waals surface area contributed by atoms with Crippen molar-refractivity contribution in [2.45, 2.75) is 75.9 Å². The number of likely N-dealkylation sites (tertiary alicyclic amines) is 2. The third kappa shape index (κ3) is 5.03. The fraction of sp³-hybridized carbons (Fsp3) is 0.778. The molecule has 0 aromatic heterocycles. The summed E-state index contributed by atoms with van der Waals surface area (Å²) in [5, 5.41) is 21.6. The van der Waals surface area contributed by atoms with E-state index in [0.717, 1.165) is 0 Å². The number of nitrogens with zero attached hydrogens (tertiary/aromatic N) is 2. The van der Waals surface area contributed by atoms with E-state index in [4.69, 9.17) is 11.5 Å². The van der Waals surface area contributed by atoms with Gasteiger partial charge in [0.25, 0.3) is 0 Å². The van der Waals surface area contributed by atoms with Crippen LogP contribution in [0.15, 0.2) is 0 Å². The Kier molecular flexibility index (Phi) is 7.55. The molecule has 2 aliphatic rings. The van der Waals surface area contributed by atoms with Crippen LogP contribution in [0.2, 0.25) is 0 Å². The monoisotopic (exact) mass is 413 g/mol. The first-order valence-electron chi connectivity index (χ1n) is 9.88. The first kappa shape index (κ1) is 23.0. The van der Waals surface area contributed by atoms with Gasteiger partial charge in [-0.2, -0.15) is 0 Å². The van der Waals surface area contributed by atoms with Crippen LogP contribution in [0.5, 0.6) is 0 Å². The van der Waals surface area contributed by atoms with Gasteiger partial charge in [0.15, 0.2) is 0 Å². The van der Waals surface area contributed by atoms with E-state index in [2.05, 4.69) is 5.32 Å². The molecule has 2 heterocycles. The highest BCUT2D eigenvalue weighted by Gasteiger charge is 2.43. The van der Waals surface area contributed by atoms with Crippen molar-refractivity contribution in [3.05, 3.63) is 0 Å². The average Bonchev–Trinajstić information content (AvgIpc) is 3.32. The minimum absolute atomic E-state index is 0.341. The number of aliphatic hydroxyl groups excluding tert-OH is 2. The Bertz CT molecular complexity index is 655. The molecule has 0 spiro atoms. The Morgan fingerprint density at radius 3 is 2.03 bits per heavy atom. The number of aliphatic hydroxyl groups is 2. The molecule has 11 nitrogen and oxygen atoms in total. The molecule has 2 aliphatic heterocycles. The van der Waals surface area contributed by atoms with Crippen LogP contribution >= 0.6 is 0 Å². The van der Waals surface area contributed by atoms with Crippen molar-refractivity contribution >= 4 is 23.6 Å². The Labute approximate surface area is 169 Å². The van der Waals surface area contributed by atoms with E-state index in [1.165, 1.54) is 23.6 Å². The highest BCUT2D eigenvalue weighted by molar-refractivity contribution is 5.95. The standard InChI is InChI=1S/C18H31N5O6/c1-9(24)13(19)18(29)23-8-4-6-12(23)17(28)22-7-3-5-11(22)16(27)21-14(10(2)25)15(20)26/h9-14,24-25H,3-8,19H2,1-2H3,(H2,20,26)(H,21,27)/t9-,10-,11+,12?,13?,14+/m1/s1. The number of nitrogens with one attached hydrogen (secondary N) is 1. The van der Waals surface area contributed by atoms with Crippen LogP contribution in [-0.4, -0.2) is 93.1 Å². The van der Waals surface area contributed by atoms with Crippen molar-refractivity contribution in [1.29, 1.82) is 0 Å². The van der Waals surface area contributed by atoms with E-state index in [1.807, 2.05) is 0 Å². The van der Waals surface area contributed by atoms with Gasteiger partial charge in [-0.3, -0.25) is 19.2 Å². The lowest BCUT2D eigenvalue weighted by Gasteiger charge is -2.33. The number of carbonyl (C=O) groups is 4. The van der Waals surface area contributed by atoms with Crippen LogP contribution in [-0.2, 0) is 19.2 Å². The molecular weight excluding hydrogens is 382 g/mol. The number of nitrogens with two attached hydrogens (primary N) is 2. The molecule has 7 N–H and O–H groups in total. The molecule has 0 aliphatic carbocycles. The molecule has 0 saturated carbocycles. The maximum Gasteiger partial charge on any atom is 0.246 e. The maximum absolute atomic E-state index is 13.1. The average molecular weight is 413 g/mol. The van der Waals surface area contributed by atoms with Crippen LogP contribution in [0.3, 0.4) is 0 Å². The summed E-state index contributed by atoms with van der Waals surface area (Å²) in [5.74, 6) is -2.31. The number of rotatable bonds is 7. The lowest BCUT2D eigenvalue weighted by Crippen LogP contribution is -2.58. The molecule has 0 aromatic carbocycles. The summed E-state index contributed by atoms with van der Waals surface area (Å²) in [6.45, 7) is 3.44. The number of amides is 4. The van der Waals surface area contributed by atoms with Crippen molar-refractivity contribution in [3.63, 3.8) is 0 Å². The van der Waals surface area contributed by atoms with Gasteiger partial charge >= 0.3 is 0 Å². The van der Waals surface area contributed by atoms with Gasteiger partial charge in [-0.05, 0) is 39.5 Å². The molecule has 6 atom stereocenters. The lowest BCUT2D eigenvalue weighted by atomic mass is 10.1. The first-order chi connectivity index (χ1) is 13.6. The second kappa shape index (κ2) is 9.51. The van der Waals surface area contributed by atoms with Gasteiger partial charge in [0, 0.05) is 13.1 Å². The van der Waals surface area contributed by atoms with Gasteiger partial charge in [0.1, 0.15) is 24.2 Å². The fourth-order valence-electron chi connectivity index (χ4n) is 3.86. The zero-order chi connectivity index (χ0) is 21.9. The van der Waals surface area contributed by atoms with Gasteiger partial charge in [0.2, 0.25) is 23.6 Å². The Morgan fingerprint density at radius 1 is 0.966 bits per heavy atom. The molecule has 2 fully saturated rings. The molecule has 164 valence electrons. The van der Waals surface area contributed by atoms with E-state index in [-0.39, 0.29) is 5.91 Å². The molecule has 0 radical (unpaired) electrons. The molecule has 2 rings (SSSR count). The number of primary amides is 1. The Hall–Kier alpha value is -2.24. The van der Waals surface area contributed by atoms with Crippen molar-refractivity contribution < 1.29 is 29.4 Å². The topological polar surface area (TPSA) is 179 Å². The maximum atomic E-state index is 13.1. The van der Waals surface area contributed by atoms with Crippen LogP contribution in [0, 0.1) is 0 Å². The quantitative estimate of drug-likeness (QED) is 0.295. The smallest absolute Gasteiger partial charge is 0.246 e. The van der Waals surface area contributed by atoms with Gasteiger partial charge < -0.3 is 36.8 Å². The van der Waals surface area contributed by atoms with E-state index >= 15 is 0 Å². The van der Waals surface area contributed by atoms with E-state index in [9.17, 15) is 29.4 Å². The largest absolute Gasteiger partial charge is 0.391 e. The molecular formula is C18H31N5O6. The summed E-state index contributed by atoms with van der Waals surface area (Å²) in [7, 11) is 0. The number of hydrogen-bond donors (Lipinski definition) is 5. The van der Waals surface area contributed by atoms with Crippen LogP contribution in [0.1, 0.15) is 39.5 Å². The zero-order valence-electron chi connectivity index (χ0n) is 16.8. The van der Waals surface area contributed by atoms with Crippen molar-refractivity contribution in [3.8, 4) is 0 Å². The van der Waals surface area contributed by atoms with E-state index in [1.54, 1.807) is 0 Å². The normalized spacial score (nSPS) is 26.0. The summed E-state index contributed by atoms with van der Waals surface area (Å²) in [6, 6.07) is -3.94. The summed E-state index contributed by atoms with van der Waals surface area (Å²) in [4.78, 5) is 52.5. The Balaban J connectivity index is 2.11. The SMILES string of the molecule is C[C@@H](O)C(N)C(=O)N1CCCC1C(=O)N1CCC[C@H]1C(=O)N[C@H](C(N)=O)[C@@H](C)O. The number of carbonyl (C=O) groups excluding carboxylic acids is 4. The predicted molar refractivity (Wildman–Crippen MR) is 102 cm³/mol. The molecule has 0 aromatic rings. The second-order valence-electron chi connectivity index (χ2n) is 7.77. The molecule has 11 heteroatoms. The second-order valence-corrected chi connectivity index (χ2v) is 7.77. The van der Waals surface area contributed by atoms with Crippen molar-refractivity contribution in [1.82, 2.24) is 15.1 Å². The van der Waals surface area contributed by atoms with Gasteiger partial charge in [-0.1, -0.05) is 0 Å². The highest BCUT2D eigenvalue weighted by Crippen LogP contribution is 2.25. The van der Waals surface area contributed by atoms with Crippen molar-refractivity contribution in [2.75, 3.05) is 13.1 Å². The van der Waals surface area contributed by atoms with E-state index < -0.39 is 54.1 Å².